The number of nitrogens with one attached hydrogen (secondary N) is 1. The number of nitrogens with zero attached hydrogens (tertiary/aromatic N) is 1. The zero-order chi connectivity index (χ0) is 23.3. The molecule has 0 heterocycles. The fourth-order valence-electron chi connectivity index (χ4n) is 3.16. The van der Waals surface area contributed by atoms with Crippen LogP contribution in [0.25, 0.3) is 5.70 Å². The van der Waals surface area contributed by atoms with Gasteiger partial charge in [0.2, 0.25) is 0 Å². The van der Waals surface area contributed by atoms with Crippen molar-refractivity contribution in [3.05, 3.63) is 113 Å². The van der Waals surface area contributed by atoms with Gasteiger partial charge in [-0.1, -0.05) is 73.7 Å². The van der Waals surface area contributed by atoms with Gasteiger partial charge in [-0.25, -0.2) is 0 Å². The molecular formula is C29H30N2O. The van der Waals surface area contributed by atoms with Crippen molar-refractivity contribution < 1.29 is 4.79 Å². The van der Waals surface area contributed by atoms with Gasteiger partial charge in [0.25, 0.3) is 0 Å². The predicted molar refractivity (Wildman–Crippen MR) is 132 cm³/mol. The topological polar surface area (TPSA) is 52.9 Å². The second kappa shape index (κ2) is 12.8. The number of hydrogen-bond acceptors (Lipinski definition) is 3. The standard InChI is InChI=1S/C29H30N2O/c1-22(2)23(3)9-7-5-6-8-10-25-11-15-28(16-12-25)24(4)31-29-17-13-26(14-18-29)19-27(20-30)21-32/h11-13,15-17,19,21,31H,1,3-10H2,2H3/b27-19+. The lowest BCUT2D eigenvalue weighted by Gasteiger charge is -2.11. The van der Waals surface area contributed by atoms with Gasteiger partial charge in [0.05, 0.1) is 11.3 Å². The van der Waals surface area contributed by atoms with E-state index in [0.29, 0.717) is 11.9 Å². The van der Waals surface area contributed by atoms with E-state index < -0.39 is 0 Å². The first-order valence-corrected chi connectivity index (χ1v) is 10.8. The van der Waals surface area contributed by atoms with Crippen LogP contribution in [0.4, 0.5) is 0 Å². The summed E-state index contributed by atoms with van der Waals surface area (Å²) in [6.45, 7) is 14.1. The third-order valence-corrected chi connectivity index (χ3v) is 5.22. The Labute approximate surface area is 191 Å². The van der Waals surface area contributed by atoms with Crippen molar-refractivity contribution in [2.75, 3.05) is 0 Å². The Hall–Kier alpha value is -3.82. The van der Waals surface area contributed by atoms with E-state index in [4.69, 9.17) is 5.26 Å². The molecule has 1 aliphatic carbocycles. The molecule has 0 saturated heterocycles. The summed E-state index contributed by atoms with van der Waals surface area (Å²) in [7, 11) is 0. The van der Waals surface area contributed by atoms with Crippen LogP contribution >= 0.6 is 0 Å². The first-order chi connectivity index (χ1) is 15.4. The maximum absolute atomic E-state index is 10.7. The van der Waals surface area contributed by atoms with E-state index in [0.717, 1.165) is 35.4 Å². The molecule has 3 nitrogen and oxygen atoms in total. The SMILES string of the molecule is C=C(C)C(=C)CCCCCCc1ccc(C(=C)NC2=C=C=C(/C=C(\C#N)C=O)C=C2)cc1. The molecular weight excluding hydrogens is 392 g/mol. The van der Waals surface area contributed by atoms with E-state index in [1.54, 1.807) is 6.08 Å². The minimum atomic E-state index is 0.0496. The lowest BCUT2D eigenvalue weighted by atomic mass is 10.0. The first kappa shape index (κ1) is 24.4. The van der Waals surface area contributed by atoms with Gasteiger partial charge in [-0.05, 0) is 67.7 Å². The number of benzene rings is 1. The van der Waals surface area contributed by atoms with Gasteiger partial charge >= 0.3 is 0 Å². The average molecular weight is 423 g/mol. The van der Waals surface area contributed by atoms with Gasteiger partial charge < -0.3 is 5.32 Å². The predicted octanol–water partition coefficient (Wildman–Crippen LogP) is 6.66. The molecule has 0 aliphatic heterocycles. The molecule has 162 valence electrons. The van der Waals surface area contributed by atoms with Gasteiger partial charge in [0, 0.05) is 11.3 Å². The summed E-state index contributed by atoms with van der Waals surface area (Å²) < 4.78 is 0. The highest BCUT2D eigenvalue weighted by atomic mass is 16.1. The van der Waals surface area contributed by atoms with Crippen molar-refractivity contribution in [1.29, 1.82) is 5.26 Å². The molecule has 32 heavy (non-hydrogen) atoms. The molecule has 0 atom stereocenters. The Bertz CT molecular complexity index is 1090. The molecule has 1 aromatic rings. The summed E-state index contributed by atoms with van der Waals surface area (Å²) in [6.07, 6.45) is 12.5. The van der Waals surface area contributed by atoms with E-state index in [9.17, 15) is 4.79 Å². The lowest BCUT2D eigenvalue weighted by molar-refractivity contribution is -0.104. The Morgan fingerprint density at radius 1 is 1.06 bits per heavy atom. The third kappa shape index (κ3) is 8.13. The van der Waals surface area contributed by atoms with Gasteiger partial charge in [-0.2, -0.15) is 5.26 Å². The number of allylic oxidation sites excluding steroid dienone is 7. The van der Waals surface area contributed by atoms with Crippen LogP contribution in [-0.4, -0.2) is 6.29 Å². The quantitative estimate of drug-likeness (QED) is 0.0966. The number of hydrogen-bond donors (Lipinski definition) is 1. The molecule has 0 spiro atoms. The minimum absolute atomic E-state index is 0.0496. The maximum atomic E-state index is 10.7. The van der Waals surface area contributed by atoms with Gasteiger partial charge in [-0.3, -0.25) is 4.79 Å². The van der Waals surface area contributed by atoms with E-state index in [1.165, 1.54) is 42.9 Å². The van der Waals surface area contributed by atoms with E-state index in [1.807, 2.05) is 19.1 Å². The number of aryl methyl sites for hydroxylation is 1. The molecule has 0 fully saturated rings. The molecule has 1 aromatic carbocycles. The van der Waals surface area contributed by atoms with E-state index in [2.05, 4.69) is 60.8 Å². The van der Waals surface area contributed by atoms with Crippen LogP contribution in [0.15, 0.2) is 102 Å². The summed E-state index contributed by atoms with van der Waals surface area (Å²) in [6, 6.07) is 10.3. The van der Waals surface area contributed by atoms with Crippen LogP contribution in [0.5, 0.6) is 0 Å². The van der Waals surface area contributed by atoms with Crippen LogP contribution < -0.4 is 5.32 Å². The monoisotopic (exact) mass is 422 g/mol. The zero-order valence-electron chi connectivity index (χ0n) is 18.8. The number of unbranched alkanes of at least 4 members (excludes halogenated alkanes) is 3. The summed E-state index contributed by atoms with van der Waals surface area (Å²) in [5.41, 5.74) is 12.7. The first-order valence-electron chi connectivity index (χ1n) is 10.8. The molecule has 1 aliphatic rings. The Balaban J connectivity index is 1.83. The van der Waals surface area contributed by atoms with Crippen molar-refractivity contribution in [3.63, 3.8) is 0 Å². The highest BCUT2D eigenvalue weighted by Crippen LogP contribution is 2.17. The molecule has 0 bridgehead atoms. The zero-order valence-corrected chi connectivity index (χ0v) is 18.8. The van der Waals surface area contributed by atoms with Crippen LogP contribution in [0.2, 0.25) is 0 Å². The molecule has 2 rings (SSSR count). The van der Waals surface area contributed by atoms with Crippen LogP contribution in [0, 0.1) is 11.3 Å². The minimum Gasteiger partial charge on any atom is -0.349 e. The van der Waals surface area contributed by atoms with Crippen molar-refractivity contribution >= 4 is 12.0 Å². The molecule has 1 N–H and O–H groups in total. The average Bonchev–Trinajstić information content (AvgIpc) is 2.80. The molecule has 0 saturated carbocycles. The van der Waals surface area contributed by atoms with Crippen molar-refractivity contribution in [1.82, 2.24) is 5.32 Å². The van der Waals surface area contributed by atoms with Crippen LogP contribution in [0.3, 0.4) is 0 Å². The normalized spacial score (nSPS) is 12.4. The van der Waals surface area contributed by atoms with E-state index in [-0.39, 0.29) is 5.57 Å². The summed E-state index contributed by atoms with van der Waals surface area (Å²) in [5, 5.41) is 12.0. The van der Waals surface area contributed by atoms with Gasteiger partial charge in [-0.15, -0.1) is 0 Å². The summed E-state index contributed by atoms with van der Waals surface area (Å²) >= 11 is 0. The smallest absolute Gasteiger partial charge is 0.160 e. The fourth-order valence-corrected chi connectivity index (χ4v) is 3.16. The Morgan fingerprint density at radius 3 is 2.38 bits per heavy atom. The van der Waals surface area contributed by atoms with Crippen molar-refractivity contribution in [2.24, 2.45) is 0 Å². The Morgan fingerprint density at radius 2 is 1.78 bits per heavy atom. The molecule has 0 amide bonds. The van der Waals surface area contributed by atoms with Crippen LogP contribution in [-0.2, 0) is 11.2 Å². The maximum Gasteiger partial charge on any atom is 0.160 e. The third-order valence-electron chi connectivity index (χ3n) is 5.22. The van der Waals surface area contributed by atoms with Crippen molar-refractivity contribution in [2.45, 2.75) is 45.4 Å². The second-order valence-corrected chi connectivity index (χ2v) is 7.88. The van der Waals surface area contributed by atoms with Crippen LogP contribution in [0.1, 0.15) is 50.2 Å². The number of nitriles is 1. The van der Waals surface area contributed by atoms with E-state index >= 15 is 0 Å². The fraction of sp³-hybridized carbons (Fsp3) is 0.241. The van der Waals surface area contributed by atoms with Gasteiger partial charge in [0.15, 0.2) is 6.29 Å². The number of carbonyl (C=O) groups is 1. The lowest BCUT2D eigenvalue weighted by Crippen LogP contribution is -2.09. The van der Waals surface area contributed by atoms with Crippen molar-refractivity contribution in [3.8, 4) is 6.07 Å². The molecule has 0 aromatic heterocycles. The number of rotatable bonds is 13. The summed E-state index contributed by atoms with van der Waals surface area (Å²) in [4.78, 5) is 10.7. The highest BCUT2D eigenvalue weighted by molar-refractivity contribution is 5.80. The second-order valence-electron chi connectivity index (χ2n) is 7.88. The number of aldehydes is 1. The van der Waals surface area contributed by atoms with Gasteiger partial charge in [0.1, 0.15) is 6.07 Å². The Kier molecular flexibility index (Phi) is 9.76. The number of carbonyl (C=O) groups excluding carboxylic acids is 1. The molecule has 0 radical (unpaired) electrons. The molecule has 0 unspecified atom stereocenters. The summed E-state index contributed by atoms with van der Waals surface area (Å²) in [5.74, 6) is 0. The molecule has 3 heteroatoms. The largest absolute Gasteiger partial charge is 0.349 e. The highest BCUT2D eigenvalue weighted by Gasteiger charge is 2.03.